The average Bonchev–Trinajstić information content (AvgIpc) is 2.90. The van der Waals surface area contributed by atoms with Crippen molar-refractivity contribution in [3.05, 3.63) is 72.1 Å². The number of hydrogen-bond donors (Lipinski definition) is 0. The molecule has 0 bridgehead atoms. The van der Waals surface area contributed by atoms with Gasteiger partial charge in [-0.15, -0.1) is 11.3 Å². The van der Waals surface area contributed by atoms with Crippen molar-refractivity contribution < 1.29 is 0 Å². The number of rotatable bonds is 2. The Labute approximate surface area is 105 Å². The lowest BCUT2D eigenvalue weighted by molar-refractivity contribution is 1.64. The van der Waals surface area contributed by atoms with E-state index in [9.17, 15) is 0 Å². The molecule has 1 heterocycles. The molecule has 0 nitrogen and oxygen atoms in total. The van der Waals surface area contributed by atoms with Crippen molar-refractivity contribution in [2.45, 2.75) is 0 Å². The van der Waals surface area contributed by atoms with Crippen LogP contribution in [-0.4, -0.2) is 0 Å². The predicted octanol–water partition coefficient (Wildman–Crippen LogP) is 4.88. The molecule has 17 heavy (non-hydrogen) atoms. The van der Waals surface area contributed by atoms with Crippen LogP contribution in [-0.2, 0) is 0 Å². The highest BCUT2D eigenvalue weighted by Crippen LogP contribution is 2.36. The first-order valence-corrected chi connectivity index (χ1v) is 6.43. The molecule has 1 aromatic heterocycles. The van der Waals surface area contributed by atoms with E-state index in [0.717, 1.165) is 5.56 Å². The average molecular weight is 235 g/mol. The quantitative estimate of drug-likeness (QED) is 0.593. The fourth-order valence-electron chi connectivity index (χ4n) is 1.90. The summed E-state index contributed by atoms with van der Waals surface area (Å²) in [6, 6.07) is 24.1. The van der Waals surface area contributed by atoms with Crippen LogP contribution in [0.2, 0.25) is 0 Å². The molecular weight excluding hydrogens is 224 g/mol. The molecule has 0 spiro atoms. The van der Waals surface area contributed by atoms with E-state index in [4.69, 9.17) is 0 Å². The first-order valence-electron chi connectivity index (χ1n) is 5.55. The van der Waals surface area contributed by atoms with Gasteiger partial charge in [0.25, 0.3) is 0 Å². The maximum Gasteiger partial charge on any atom is 0.0421 e. The molecule has 3 aromatic rings. The monoisotopic (exact) mass is 235 g/mol. The zero-order chi connectivity index (χ0) is 11.5. The van der Waals surface area contributed by atoms with Crippen molar-refractivity contribution in [3.63, 3.8) is 0 Å². The van der Waals surface area contributed by atoms with Gasteiger partial charge in [-0.2, -0.15) is 0 Å². The second-order valence-electron chi connectivity index (χ2n) is 3.81. The minimum absolute atomic E-state index is 1.16. The van der Waals surface area contributed by atoms with Crippen LogP contribution < -0.4 is 0 Å². The fraction of sp³-hybridized carbons (Fsp3) is 0. The maximum absolute atomic E-state index is 3.29. The van der Waals surface area contributed by atoms with Crippen LogP contribution >= 0.6 is 11.3 Å². The van der Waals surface area contributed by atoms with Gasteiger partial charge >= 0.3 is 0 Å². The molecule has 0 amide bonds. The van der Waals surface area contributed by atoms with E-state index < -0.39 is 0 Å². The Balaban J connectivity index is 2.13. The number of thiophene rings is 1. The highest BCUT2D eigenvalue weighted by molar-refractivity contribution is 7.14. The largest absolute Gasteiger partial charge is 0.143 e. The summed E-state index contributed by atoms with van der Waals surface area (Å²) in [5.41, 5.74) is 3.70. The minimum Gasteiger partial charge on any atom is -0.143 e. The van der Waals surface area contributed by atoms with Crippen LogP contribution in [0.3, 0.4) is 0 Å². The van der Waals surface area contributed by atoms with E-state index in [1.807, 2.05) is 18.2 Å². The van der Waals surface area contributed by atoms with Gasteiger partial charge in [-0.3, -0.25) is 0 Å². The zero-order valence-electron chi connectivity index (χ0n) is 9.26. The summed E-state index contributed by atoms with van der Waals surface area (Å²) in [5, 5.41) is 2.14. The summed E-state index contributed by atoms with van der Waals surface area (Å²) in [5.74, 6) is 0. The molecule has 0 saturated heterocycles. The molecule has 0 N–H and O–H groups in total. The zero-order valence-corrected chi connectivity index (χ0v) is 10.1. The summed E-state index contributed by atoms with van der Waals surface area (Å²) >= 11 is 1.78. The Bertz CT molecular complexity index is 540. The number of hydrogen-bond acceptors (Lipinski definition) is 1. The maximum atomic E-state index is 3.29. The Morgan fingerprint density at radius 1 is 0.824 bits per heavy atom. The van der Waals surface area contributed by atoms with E-state index in [-0.39, 0.29) is 0 Å². The topological polar surface area (TPSA) is 0 Å². The lowest BCUT2D eigenvalue weighted by atomic mass is 10.0. The van der Waals surface area contributed by atoms with E-state index in [0.29, 0.717) is 0 Å². The fourth-order valence-corrected chi connectivity index (χ4v) is 2.81. The Hall–Kier alpha value is -1.86. The molecular formula is C16H11S. The lowest BCUT2D eigenvalue weighted by Crippen LogP contribution is -1.78. The summed E-state index contributed by atoms with van der Waals surface area (Å²) in [6.07, 6.45) is 0. The molecule has 0 unspecified atom stereocenters. The minimum atomic E-state index is 1.16. The third-order valence-corrected chi connectivity index (χ3v) is 3.66. The van der Waals surface area contributed by atoms with E-state index in [2.05, 4.69) is 53.9 Å². The smallest absolute Gasteiger partial charge is 0.0421 e. The molecule has 0 aliphatic rings. The van der Waals surface area contributed by atoms with Crippen molar-refractivity contribution in [3.8, 4) is 21.6 Å². The highest BCUT2D eigenvalue weighted by Gasteiger charge is 2.07. The van der Waals surface area contributed by atoms with Gasteiger partial charge < -0.3 is 0 Å². The molecule has 0 fully saturated rings. The van der Waals surface area contributed by atoms with Crippen molar-refractivity contribution >= 4 is 11.3 Å². The van der Waals surface area contributed by atoms with Gasteiger partial charge in [-0.05, 0) is 28.6 Å². The molecule has 0 atom stereocenters. The molecule has 3 rings (SSSR count). The van der Waals surface area contributed by atoms with Crippen molar-refractivity contribution in [1.82, 2.24) is 0 Å². The Morgan fingerprint density at radius 3 is 2.41 bits per heavy atom. The second-order valence-corrected chi connectivity index (χ2v) is 4.72. The predicted molar refractivity (Wildman–Crippen MR) is 74.0 cm³/mol. The normalized spacial score (nSPS) is 10.4. The van der Waals surface area contributed by atoms with E-state index in [1.54, 1.807) is 11.3 Å². The van der Waals surface area contributed by atoms with Crippen LogP contribution in [0.1, 0.15) is 0 Å². The summed E-state index contributed by atoms with van der Waals surface area (Å²) < 4.78 is 0. The third kappa shape index (κ3) is 2.02. The van der Waals surface area contributed by atoms with Gasteiger partial charge in [0, 0.05) is 10.4 Å². The standard InChI is InChI=1S/C16H11S/c1-3-7-13(8-4-1)15-11-12-17-16(15)14-9-5-2-6-10-14/h1-7,9-12H. The SMILES string of the molecule is [c]1ccccc1-c1ccsc1-c1ccccc1. The summed E-state index contributed by atoms with van der Waals surface area (Å²) in [6.45, 7) is 0. The summed E-state index contributed by atoms with van der Waals surface area (Å²) in [7, 11) is 0. The molecule has 1 radical (unpaired) electrons. The van der Waals surface area contributed by atoms with Crippen molar-refractivity contribution in [1.29, 1.82) is 0 Å². The van der Waals surface area contributed by atoms with Gasteiger partial charge in [0.2, 0.25) is 0 Å². The van der Waals surface area contributed by atoms with E-state index in [1.165, 1.54) is 16.0 Å². The Morgan fingerprint density at radius 2 is 1.65 bits per heavy atom. The first-order chi connectivity index (χ1) is 8.45. The first kappa shape index (κ1) is 10.3. The van der Waals surface area contributed by atoms with Crippen LogP contribution in [0.4, 0.5) is 0 Å². The number of benzene rings is 2. The van der Waals surface area contributed by atoms with Crippen LogP contribution in [0.15, 0.2) is 66.0 Å². The van der Waals surface area contributed by atoms with Gasteiger partial charge in [-0.1, -0.05) is 54.6 Å². The molecule has 2 aromatic carbocycles. The van der Waals surface area contributed by atoms with Gasteiger partial charge in [0.1, 0.15) is 0 Å². The van der Waals surface area contributed by atoms with Crippen molar-refractivity contribution in [2.24, 2.45) is 0 Å². The Kier molecular flexibility index (Phi) is 2.76. The molecule has 0 aliphatic carbocycles. The summed E-state index contributed by atoms with van der Waals surface area (Å²) in [4.78, 5) is 1.31. The van der Waals surface area contributed by atoms with Gasteiger partial charge in [-0.25, -0.2) is 0 Å². The van der Waals surface area contributed by atoms with Crippen LogP contribution in [0.25, 0.3) is 21.6 Å². The van der Waals surface area contributed by atoms with Crippen LogP contribution in [0, 0.1) is 6.07 Å². The van der Waals surface area contributed by atoms with E-state index >= 15 is 0 Å². The van der Waals surface area contributed by atoms with Gasteiger partial charge in [0.15, 0.2) is 0 Å². The van der Waals surface area contributed by atoms with Crippen molar-refractivity contribution in [2.75, 3.05) is 0 Å². The lowest BCUT2D eigenvalue weighted by Gasteiger charge is -2.03. The second kappa shape index (κ2) is 4.56. The highest BCUT2D eigenvalue weighted by atomic mass is 32.1. The van der Waals surface area contributed by atoms with Gasteiger partial charge in [0.05, 0.1) is 0 Å². The molecule has 1 heteroatoms. The molecule has 81 valence electrons. The molecule has 0 saturated carbocycles. The van der Waals surface area contributed by atoms with Crippen LogP contribution in [0.5, 0.6) is 0 Å². The third-order valence-electron chi connectivity index (χ3n) is 2.70. The molecule has 0 aliphatic heterocycles.